The maximum absolute atomic E-state index is 12.3. The summed E-state index contributed by atoms with van der Waals surface area (Å²) in [6.45, 7) is 3.77. The van der Waals surface area contributed by atoms with Gasteiger partial charge in [-0.25, -0.2) is 0 Å². The highest BCUT2D eigenvalue weighted by molar-refractivity contribution is 5.86. The Morgan fingerprint density at radius 1 is 1.24 bits per heavy atom. The van der Waals surface area contributed by atoms with Crippen LogP contribution in [0.4, 0.5) is 0 Å². The lowest BCUT2D eigenvalue weighted by molar-refractivity contribution is -0.153. The second kappa shape index (κ2) is 5.76. The second-order valence-corrected chi connectivity index (χ2v) is 5.94. The lowest BCUT2D eigenvalue weighted by atomic mass is 9.72. The Morgan fingerprint density at radius 2 is 1.86 bits per heavy atom. The van der Waals surface area contributed by atoms with Crippen LogP contribution >= 0.6 is 0 Å². The fourth-order valence-corrected chi connectivity index (χ4v) is 2.74. The third-order valence-corrected chi connectivity index (χ3v) is 4.14. The van der Waals surface area contributed by atoms with Gasteiger partial charge < -0.3 is 15.2 Å². The number of para-hydroxylation sites is 1. The van der Waals surface area contributed by atoms with Gasteiger partial charge in [-0.3, -0.25) is 9.59 Å². The van der Waals surface area contributed by atoms with Gasteiger partial charge in [-0.05, 0) is 32.8 Å². The van der Waals surface area contributed by atoms with Gasteiger partial charge in [0.15, 0.2) is 0 Å². The fraction of sp³-hybridized carbons (Fsp3) is 0.500. The van der Waals surface area contributed by atoms with Crippen molar-refractivity contribution in [1.82, 2.24) is 5.32 Å². The molecule has 2 N–H and O–H groups in total. The van der Waals surface area contributed by atoms with Crippen molar-refractivity contribution in [2.24, 2.45) is 11.8 Å². The van der Waals surface area contributed by atoms with Crippen molar-refractivity contribution in [1.29, 1.82) is 0 Å². The molecule has 2 rings (SSSR count). The predicted octanol–water partition coefficient (Wildman–Crippen LogP) is 2.16. The lowest BCUT2D eigenvalue weighted by Crippen LogP contribution is -2.50. The molecule has 1 aromatic carbocycles. The summed E-state index contributed by atoms with van der Waals surface area (Å²) in [5.41, 5.74) is 0.245. The van der Waals surface area contributed by atoms with Crippen molar-refractivity contribution in [3.8, 4) is 5.75 Å². The van der Waals surface area contributed by atoms with Crippen LogP contribution in [0.2, 0.25) is 0 Å². The molecule has 5 heteroatoms. The van der Waals surface area contributed by atoms with Gasteiger partial charge in [0.1, 0.15) is 5.75 Å². The van der Waals surface area contributed by atoms with E-state index in [1.807, 2.05) is 38.1 Å². The standard InChI is InChI=1S/C16H21NO4/c1-16(2,12-6-4-5-7-13(12)21-3)17-14(18)10-8-9-11(10)15(19)20/h4-7,10-11H,8-9H2,1-3H3,(H,17,18)(H,19,20). The van der Waals surface area contributed by atoms with E-state index in [0.717, 1.165) is 5.56 Å². The van der Waals surface area contributed by atoms with Gasteiger partial charge in [0.25, 0.3) is 0 Å². The van der Waals surface area contributed by atoms with Crippen molar-refractivity contribution in [3.63, 3.8) is 0 Å². The van der Waals surface area contributed by atoms with Crippen LogP contribution in [-0.2, 0) is 15.1 Å². The number of amides is 1. The highest BCUT2D eigenvalue weighted by Gasteiger charge is 2.43. The van der Waals surface area contributed by atoms with Crippen molar-refractivity contribution < 1.29 is 19.4 Å². The van der Waals surface area contributed by atoms with Crippen LogP contribution in [0.25, 0.3) is 0 Å². The van der Waals surface area contributed by atoms with Gasteiger partial charge in [-0.15, -0.1) is 0 Å². The Bertz CT molecular complexity index is 553. The van der Waals surface area contributed by atoms with Gasteiger partial charge in [0, 0.05) is 5.56 Å². The van der Waals surface area contributed by atoms with E-state index in [9.17, 15) is 9.59 Å². The van der Waals surface area contributed by atoms with Crippen LogP contribution in [0.3, 0.4) is 0 Å². The smallest absolute Gasteiger partial charge is 0.307 e. The van der Waals surface area contributed by atoms with E-state index in [2.05, 4.69) is 5.32 Å². The summed E-state index contributed by atoms with van der Waals surface area (Å²) in [6, 6.07) is 7.49. The minimum absolute atomic E-state index is 0.204. The Labute approximate surface area is 124 Å². The number of rotatable bonds is 5. The summed E-state index contributed by atoms with van der Waals surface area (Å²) >= 11 is 0. The molecule has 1 aromatic rings. The van der Waals surface area contributed by atoms with Crippen molar-refractivity contribution in [2.45, 2.75) is 32.2 Å². The van der Waals surface area contributed by atoms with Gasteiger partial charge in [0.2, 0.25) is 5.91 Å². The lowest BCUT2D eigenvalue weighted by Gasteiger charge is -2.36. The van der Waals surface area contributed by atoms with E-state index in [1.54, 1.807) is 7.11 Å². The van der Waals surface area contributed by atoms with Crippen molar-refractivity contribution in [2.75, 3.05) is 7.11 Å². The quantitative estimate of drug-likeness (QED) is 0.871. The molecule has 0 spiro atoms. The number of carbonyl (C=O) groups is 2. The maximum atomic E-state index is 12.3. The average Bonchev–Trinajstić information content (AvgIpc) is 2.35. The maximum Gasteiger partial charge on any atom is 0.307 e. The third-order valence-electron chi connectivity index (χ3n) is 4.14. The number of nitrogens with one attached hydrogen (secondary N) is 1. The number of carboxylic acids is 1. The third kappa shape index (κ3) is 3.01. The zero-order chi connectivity index (χ0) is 15.6. The predicted molar refractivity (Wildman–Crippen MR) is 78.0 cm³/mol. The first-order valence-corrected chi connectivity index (χ1v) is 7.05. The zero-order valence-corrected chi connectivity index (χ0v) is 12.6. The van der Waals surface area contributed by atoms with E-state index in [-0.39, 0.29) is 5.91 Å². The fourth-order valence-electron chi connectivity index (χ4n) is 2.74. The molecule has 0 bridgehead atoms. The molecule has 1 saturated carbocycles. The molecule has 1 aliphatic rings. The minimum atomic E-state index is -0.892. The molecule has 0 aromatic heterocycles. The summed E-state index contributed by atoms with van der Waals surface area (Å²) < 4.78 is 5.33. The Kier molecular flexibility index (Phi) is 4.21. The molecule has 2 unspecified atom stereocenters. The van der Waals surface area contributed by atoms with Crippen LogP contribution in [0.1, 0.15) is 32.3 Å². The molecular formula is C16H21NO4. The van der Waals surface area contributed by atoms with E-state index in [4.69, 9.17) is 9.84 Å². The van der Waals surface area contributed by atoms with Gasteiger partial charge in [-0.1, -0.05) is 18.2 Å². The first-order chi connectivity index (χ1) is 9.86. The summed E-state index contributed by atoms with van der Waals surface area (Å²) in [7, 11) is 1.59. The number of methoxy groups -OCH3 is 1. The van der Waals surface area contributed by atoms with E-state index < -0.39 is 23.3 Å². The van der Waals surface area contributed by atoms with Crippen molar-refractivity contribution >= 4 is 11.9 Å². The monoisotopic (exact) mass is 291 g/mol. The summed E-state index contributed by atoms with van der Waals surface area (Å²) in [4.78, 5) is 23.3. The first-order valence-electron chi connectivity index (χ1n) is 7.05. The Hall–Kier alpha value is -2.04. The number of hydrogen-bond acceptors (Lipinski definition) is 3. The van der Waals surface area contributed by atoms with Crippen LogP contribution in [0.5, 0.6) is 5.75 Å². The number of benzene rings is 1. The Balaban J connectivity index is 2.14. The number of hydrogen-bond donors (Lipinski definition) is 2. The second-order valence-electron chi connectivity index (χ2n) is 5.94. The highest BCUT2D eigenvalue weighted by Crippen LogP contribution is 2.36. The summed E-state index contributed by atoms with van der Waals surface area (Å²) in [5, 5.41) is 12.0. The molecule has 0 radical (unpaired) electrons. The minimum Gasteiger partial charge on any atom is -0.496 e. The molecule has 0 aliphatic heterocycles. The van der Waals surface area contributed by atoms with Crippen LogP contribution in [0.15, 0.2) is 24.3 Å². The zero-order valence-electron chi connectivity index (χ0n) is 12.6. The molecular weight excluding hydrogens is 270 g/mol. The van der Waals surface area contributed by atoms with E-state index >= 15 is 0 Å². The molecule has 21 heavy (non-hydrogen) atoms. The van der Waals surface area contributed by atoms with Gasteiger partial charge >= 0.3 is 5.97 Å². The van der Waals surface area contributed by atoms with E-state index in [1.165, 1.54) is 0 Å². The molecule has 5 nitrogen and oxygen atoms in total. The highest BCUT2D eigenvalue weighted by atomic mass is 16.5. The number of carbonyl (C=O) groups excluding carboxylic acids is 1. The average molecular weight is 291 g/mol. The summed E-state index contributed by atoms with van der Waals surface area (Å²) in [5.74, 6) is -1.39. The number of carboxylic acid groups (broad SMARTS) is 1. The van der Waals surface area contributed by atoms with Crippen LogP contribution in [-0.4, -0.2) is 24.1 Å². The molecule has 2 atom stereocenters. The molecule has 1 fully saturated rings. The van der Waals surface area contributed by atoms with E-state index in [0.29, 0.717) is 18.6 Å². The van der Waals surface area contributed by atoms with Gasteiger partial charge in [-0.2, -0.15) is 0 Å². The molecule has 114 valence electrons. The number of aliphatic carboxylic acids is 1. The largest absolute Gasteiger partial charge is 0.496 e. The molecule has 1 amide bonds. The normalized spacial score (nSPS) is 21.3. The van der Waals surface area contributed by atoms with Crippen LogP contribution in [0, 0.1) is 11.8 Å². The van der Waals surface area contributed by atoms with Crippen LogP contribution < -0.4 is 10.1 Å². The SMILES string of the molecule is COc1ccccc1C(C)(C)NC(=O)C1CCC1C(=O)O. The molecule has 0 saturated heterocycles. The molecule has 1 aliphatic carbocycles. The Morgan fingerprint density at radius 3 is 2.38 bits per heavy atom. The summed E-state index contributed by atoms with van der Waals surface area (Å²) in [6.07, 6.45) is 1.20. The number of ether oxygens (including phenoxy) is 1. The topological polar surface area (TPSA) is 75.6 Å². The molecule has 0 heterocycles. The van der Waals surface area contributed by atoms with Gasteiger partial charge in [0.05, 0.1) is 24.5 Å². The first kappa shape index (κ1) is 15.4. The van der Waals surface area contributed by atoms with Crippen molar-refractivity contribution in [3.05, 3.63) is 29.8 Å².